The van der Waals surface area contributed by atoms with E-state index in [-0.39, 0.29) is 11.9 Å². The molecule has 0 saturated heterocycles. The topological polar surface area (TPSA) is 51.5 Å². The molecule has 4 nitrogen and oxygen atoms in total. The molecule has 1 rings (SSSR count). The first-order valence-electron chi connectivity index (χ1n) is 5.43. The maximum atomic E-state index is 12.1. The van der Waals surface area contributed by atoms with Crippen molar-refractivity contribution < 1.29 is 13.9 Å². The molecule has 0 bridgehead atoms. The molecule has 1 unspecified atom stereocenters. The first-order valence-corrected chi connectivity index (χ1v) is 5.97. The molecule has 1 N–H and O–H groups in total. The standard InChI is InChI=1S/C12H18ClNO3/c1-7-8(2)17-9(3)11(7)12(15)14-10(5-13)6-16-4/h10H,5-6H2,1-4H3,(H,14,15). The maximum Gasteiger partial charge on any atom is 0.255 e. The Labute approximate surface area is 106 Å². The molecule has 1 aromatic rings. The third kappa shape index (κ3) is 3.23. The third-order valence-electron chi connectivity index (χ3n) is 2.68. The Morgan fingerprint density at radius 2 is 2.06 bits per heavy atom. The predicted molar refractivity (Wildman–Crippen MR) is 66.8 cm³/mol. The van der Waals surface area contributed by atoms with Crippen LogP contribution in [0.15, 0.2) is 4.42 Å². The molecule has 5 heteroatoms. The Balaban J connectivity index is 2.82. The second kappa shape index (κ2) is 6.07. The van der Waals surface area contributed by atoms with Gasteiger partial charge < -0.3 is 14.5 Å². The number of carbonyl (C=O) groups excluding carboxylic acids is 1. The van der Waals surface area contributed by atoms with Gasteiger partial charge in [-0.25, -0.2) is 0 Å². The molecule has 1 atom stereocenters. The summed E-state index contributed by atoms with van der Waals surface area (Å²) in [6, 6.07) is -0.192. The summed E-state index contributed by atoms with van der Waals surface area (Å²) < 4.78 is 10.4. The van der Waals surface area contributed by atoms with Gasteiger partial charge in [-0.1, -0.05) is 0 Å². The number of rotatable bonds is 5. The first kappa shape index (κ1) is 14.1. The molecular formula is C12H18ClNO3. The van der Waals surface area contributed by atoms with E-state index in [4.69, 9.17) is 20.8 Å². The zero-order chi connectivity index (χ0) is 13.0. The Bertz CT molecular complexity index is 401. The minimum absolute atomic E-state index is 0.167. The van der Waals surface area contributed by atoms with E-state index in [0.29, 0.717) is 23.8 Å². The molecule has 0 fully saturated rings. The van der Waals surface area contributed by atoms with Crippen molar-refractivity contribution in [2.24, 2.45) is 0 Å². The van der Waals surface area contributed by atoms with Crippen molar-refractivity contribution in [1.82, 2.24) is 5.32 Å². The van der Waals surface area contributed by atoms with Gasteiger partial charge in [0.25, 0.3) is 5.91 Å². The number of alkyl halides is 1. The van der Waals surface area contributed by atoms with Crippen LogP contribution in [0, 0.1) is 20.8 Å². The second-order valence-corrected chi connectivity index (χ2v) is 4.30. The highest BCUT2D eigenvalue weighted by Crippen LogP contribution is 2.20. The monoisotopic (exact) mass is 259 g/mol. The van der Waals surface area contributed by atoms with Crippen molar-refractivity contribution >= 4 is 17.5 Å². The first-order chi connectivity index (χ1) is 8.01. The van der Waals surface area contributed by atoms with E-state index in [9.17, 15) is 4.79 Å². The molecule has 0 aliphatic heterocycles. The van der Waals surface area contributed by atoms with Crippen molar-refractivity contribution in [2.75, 3.05) is 19.6 Å². The Hall–Kier alpha value is -1.00. The zero-order valence-corrected chi connectivity index (χ0v) is 11.4. The van der Waals surface area contributed by atoms with Crippen molar-refractivity contribution in [3.8, 4) is 0 Å². The van der Waals surface area contributed by atoms with Crippen LogP contribution < -0.4 is 5.32 Å². The van der Waals surface area contributed by atoms with Crippen LogP contribution in [0.1, 0.15) is 27.4 Å². The van der Waals surface area contributed by atoms with Gasteiger partial charge in [0.05, 0.1) is 18.2 Å². The van der Waals surface area contributed by atoms with E-state index in [1.165, 1.54) is 0 Å². The van der Waals surface area contributed by atoms with Crippen molar-refractivity contribution in [1.29, 1.82) is 0 Å². The lowest BCUT2D eigenvalue weighted by molar-refractivity contribution is 0.0905. The summed E-state index contributed by atoms with van der Waals surface area (Å²) in [6.45, 7) is 5.88. The summed E-state index contributed by atoms with van der Waals surface area (Å²) in [4.78, 5) is 12.1. The van der Waals surface area contributed by atoms with Crippen LogP contribution >= 0.6 is 11.6 Å². The van der Waals surface area contributed by atoms with Gasteiger partial charge >= 0.3 is 0 Å². The molecule has 0 radical (unpaired) electrons. The van der Waals surface area contributed by atoms with Gasteiger partial charge in [0.2, 0.25) is 0 Å². The Morgan fingerprint density at radius 3 is 2.47 bits per heavy atom. The number of aryl methyl sites for hydroxylation is 2. The minimum atomic E-state index is -0.192. The molecule has 0 saturated carbocycles. The van der Waals surface area contributed by atoms with Crippen molar-refractivity contribution in [3.05, 3.63) is 22.6 Å². The summed E-state index contributed by atoms with van der Waals surface area (Å²) >= 11 is 5.74. The smallest absolute Gasteiger partial charge is 0.255 e. The van der Waals surface area contributed by atoms with Crippen molar-refractivity contribution in [2.45, 2.75) is 26.8 Å². The number of carbonyl (C=O) groups is 1. The number of amides is 1. The fourth-order valence-electron chi connectivity index (χ4n) is 1.71. The van der Waals surface area contributed by atoms with E-state index in [0.717, 1.165) is 11.3 Å². The zero-order valence-electron chi connectivity index (χ0n) is 10.6. The molecule has 0 aliphatic carbocycles. The summed E-state index contributed by atoms with van der Waals surface area (Å²) in [5.41, 5.74) is 1.46. The number of ether oxygens (including phenoxy) is 1. The Morgan fingerprint density at radius 1 is 1.41 bits per heavy atom. The van der Waals surface area contributed by atoms with E-state index >= 15 is 0 Å². The quantitative estimate of drug-likeness (QED) is 0.825. The number of hydrogen-bond acceptors (Lipinski definition) is 3. The van der Waals surface area contributed by atoms with Crippen LogP contribution in [0.5, 0.6) is 0 Å². The highest BCUT2D eigenvalue weighted by molar-refractivity contribution is 6.18. The number of furan rings is 1. The normalized spacial score (nSPS) is 12.5. The molecular weight excluding hydrogens is 242 g/mol. The highest BCUT2D eigenvalue weighted by atomic mass is 35.5. The van der Waals surface area contributed by atoms with Gasteiger partial charge in [0, 0.05) is 18.6 Å². The summed E-state index contributed by atoms with van der Waals surface area (Å²) in [7, 11) is 1.57. The minimum Gasteiger partial charge on any atom is -0.466 e. The summed E-state index contributed by atoms with van der Waals surface area (Å²) in [5, 5.41) is 2.82. The molecule has 0 spiro atoms. The number of nitrogens with one attached hydrogen (secondary N) is 1. The van der Waals surface area contributed by atoms with Crippen LogP contribution in [0.2, 0.25) is 0 Å². The lowest BCUT2D eigenvalue weighted by Crippen LogP contribution is -2.39. The molecule has 1 aromatic heterocycles. The highest BCUT2D eigenvalue weighted by Gasteiger charge is 2.20. The molecule has 0 aromatic carbocycles. The predicted octanol–water partition coefficient (Wildman–Crippen LogP) is 2.19. The molecule has 17 heavy (non-hydrogen) atoms. The van der Waals surface area contributed by atoms with Gasteiger partial charge in [-0.2, -0.15) is 0 Å². The van der Waals surface area contributed by atoms with Gasteiger partial charge in [-0.05, 0) is 20.8 Å². The molecule has 1 heterocycles. The average molecular weight is 260 g/mol. The lowest BCUT2D eigenvalue weighted by Gasteiger charge is -2.14. The fraction of sp³-hybridized carbons (Fsp3) is 0.583. The second-order valence-electron chi connectivity index (χ2n) is 3.99. The van der Waals surface area contributed by atoms with Crippen LogP contribution in [0.3, 0.4) is 0 Å². The largest absolute Gasteiger partial charge is 0.466 e. The summed E-state index contributed by atoms with van der Waals surface area (Å²) in [5.74, 6) is 1.54. The summed E-state index contributed by atoms with van der Waals surface area (Å²) in [6.07, 6.45) is 0. The maximum absolute atomic E-state index is 12.1. The van der Waals surface area contributed by atoms with Gasteiger partial charge in [0.15, 0.2) is 0 Å². The van der Waals surface area contributed by atoms with E-state index in [2.05, 4.69) is 5.32 Å². The average Bonchev–Trinajstić information content (AvgIpc) is 2.52. The molecule has 1 amide bonds. The van der Waals surface area contributed by atoms with Crippen LogP contribution in [-0.2, 0) is 4.74 Å². The van der Waals surface area contributed by atoms with E-state index < -0.39 is 0 Å². The SMILES string of the molecule is COCC(CCl)NC(=O)c1c(C)oc(C)c1C. The molecule has 0 aliphatic rings. The van der Waals surface area contributed by atoms with Gasteiger partial charge in [-0.3, -0.25) is 4.79 Å². The van der Waals surface area contributed by atoms with Gasteiger partial charge in [-0.15, -0.1) is 11.6 Å². The van der Waals surface area contributed by atoms with Crippen molar-refractivity contribution in [3.63, 3.8) is 0 Å². The van der Waals surface area contributed by atoms with Gasteiger partial charge in [0.1, 0.15) is 11.5 Å². The number of hydrogen-bond donors (Lipinski definition) is 1. The fourth-order valence-corrected chi connectivity index (χ4v) is 1.88. The Kier molecular flexibility index (Phi) is 5.02. The third-order valence-corrected chi connectivity index (χ3v) is 3.05. The number of halogens is 1. The van der Waals surface area contributed by atoms with Crippen LogP contribution in [0.4, 0.5) is 0 Å². The molecule has 96 valence electrons. The number of methoxy groups -OCH3 is 1. The van der Waals surface area contributed by atoms with Crippen LogP contribution in [-0.4, -0.2) is 31.5 Å². The van der Waals surface area contributed by atoms with E-state index in [1.807, 2.05) is 13.8 Å². The lowest BCUT2D eigenvalue weighted by atomic mass is 10.1. The van der Waals surface area contributed by atoms with Crippen LogP contribution in [0.25, 0.3) is 0 Å². The van der Waals surface area contributed by atoms with E-state index in [1.54, 1.807) is 14.0 Å².